The van der Waals surface area contributed by atoms with Gasteiger partial charge in [0.05, 0.1) is 6.54 Å². The maximum atomic E-state index is 12.3. The molecule has 0 aromatic heterocycles. The largest absolute Gasteiger partial charge is 0.325 e. The number of carbonyl (C=O) groups excluding carboxylic acids is 1. The van der Waals surface area contributed by atoms with Gasteiger partial charge in [-0.2, -0.15) is 0 Å². The Hall–Kier alpha value is -1.39. The highest BCUT2D eigenvalue weighted by Gasteiger charge is 2.28. The van der Waals surface area contributed by atoms with E-state index in [2.05, 4.69) is 41.5 Å². The lowest BCUT2D eigenvalue weighted by Crippen LogP contribution is -2.43. The fourth-order valence-electron chi connectivity index (χ4n) is 4.01. The minimum Gasteiger partial charge on any atom is -0.325 e. The van der Waals surface area contributed by atoms with Crippen molar-refractivity contribution in [1.29, 1.82) is 0 Å². The number of nitrogens with one attached hydrogen (secondary N) is 2. The normalized spacial score (nSPS) is 22.9. The molecule has 1 aromatic rings. The molecule has 0 bridgehead atoms. The van der Waals surface area contributed by atoms with Gasteiger partial charge in [-0.25, -0.2) is 0 Å². The molecule has 4 nitrogen and oxygen atoms in total. The Morgan fingerprint density at radius 2 is 2.08 bits per heavy atom. The molecule has 24 heavy (non-hydrogen) atoms. The van der Waals surface area contributed by atoms with E-state index >= 15 is 0 Å². The van der Waals surface area contributed by atoms with E-state index in [0.717, 1.165) is 30.7 Å². The number of piperidine rings is 1. The fraction of sp³-hybridized carbons (Fsp3) is 0.650. The number of hydrogen-bond donors (Lipinski definition) is 2. The van der Waals surface area contributed by atoms with Crippen LogP contribution in [-0.4, -0.2) is 43.0 Å². The van der Waals surface area contributed by atoms with Crippen molar-refractivity contribution in [2.45, 2.75) is 51.5 Å². The topological polar surface area (TPSA) is 44.4 Å². The zero-order valence-corrected chi connectivity index (χ0v) is 15.1. The molecule has 3 rings (SSSR count). The number of benzene rings is 1. The third kappa shape index (κ3) is 4.58. The third-order valence-corrected chi connectivity index (χ3v) is 5.50. The molecule has 0 saturated carbocycles. The first kappa shape index (κ1) is 17.4. The number of hydrogen-bond acceptors (Lipinski definition) is 3. The highest BCUT2D eigenvalue weighted by atomic mass is 16.2. The van der Waals surface area contributed by atoms with Gasteiger partial charge >= 0.3 is 0 Å². The van der Waals surface area contributed by atoms with Gasteiger partial charge in [0.1, 0.15) is 0 Å². The number of amides is 1. The molecule has 1 aromatic carbocycles. The SMILES string of the molecule is CC(C)c1cccc(NC(=O)CN2CCC(C3CCCN3)CC2)c1. The van der Waals surface area contributed by atoms with Crippen molar-refractivity contribution < 1.29 is 4.79 Å². The monoisotopic (exact) mass is 329 g/mol. The molecule has 1 unspecified atom stereocenters. The predicted octanol–water partition coefficient (Wildman–Crippen LogP) is 3.21. The summed E-state index contributed by atoms with van der Waals surface area (Å²) in [5.41, 5.74) is 2.17. The lowest BCUT2D eigenvalue weighted by atomic mass is 9.88. The van der Waals surface area contributed by atoms with Crippen molar-refractivity contribution >= 4 is 11.6 Å². The molecule has 0 aliphatic carbocycles. The summed E-state index contributed by atoms with van der Waals surface area (Å²) in [6, 6.07) is 8.91. The smallest absolute Gasteiger partial charge is 0.238 e. The van der Waals surface area contributed by atoms with Gasteiger partial charge in [0.2, 0.25) is 5.91 Å². The van der Waals surface area contributed by atoms with Crippen LogP contribution < -0.4 is 10.6 Å². The molecular weight excluding hydrogens is 298 g/mol. The predicted molar refractivity (Wildman–Crippen MR) is 99.3 cm³/mol. The van der Waals surface area contributed by atoms with E-state index in [1.807, 2.05) is 12.1 Å². The van der Waals surface area contributed by atoms with Crippen LogP contribution in [0.2, 0.25) is 0 Å². The second kappa shape index (κ2) is 8.13. The molecule has 2 N–H and O–H groups in total. The number of rotatable bonds is 5. The Balaban J connectivity index is 1.45. The summed E-state index contributed by atoms with van der Waals surface area (Å²) in [7, 11) is 0. The zero-order chi connectivity index (χ0) is 16.9. The van der Waals surface area contributed by atoms with Gasteiger partial charge < -0.3 is 10.6 Å². The summed E-state index contributed by atoms with van der Waals surface area (Å²) >= 11 is 0. The molecule has 4 heteroatoms. The summed E-state index contributed by atoms with van der Waals surface area (Å²) in [4.78, 5) is 14.6. The van der Waals surface area contributed by atoms with E-state index < -0.39 is 0 Å². The van der Waals surface area contributed by atoms with Gasteiger partial charge in [-0.05, 0) is 74.8 Å². The first-order valence-electron chi connectivity index (χ1n) is 9.47. The summed E-state index contributed by atoms with van der Waals surface area (Å²) in [5, 5.41) is 6.69. The fourth-order valence-corrected chi connectivity index (χ4v) is 4.01. The Bertz CT molecular complexity index is 544. The van der Waals surface area contributed by atoms with E-state index in [1.165, 1.54) is 37.8 Å². The Kier molecular flexibility index (Phi) is 5.90. The minimum absolute atomic E-state index is 0.105. The van der Waals surface area contributed by atoms with Crippen molar-refractivity contribution in [2.24, 2.45) is 5.92 Å². The van der Waals surface area contributed by atoms with Gasteiger partial charge in [-0.15, -0.1) is 0 Å². The number of anilines is 1. The van der Waals surface area contributed by atoms with Crippen LogP contribution in [0.4, 0.5) is 5.69 Å². The van der Waals surface area contributed by atoms with Gasteiger partial charge in [-0.1, -0.05) is 26.0 Å². The number of carbonyl (C=O) groups is 1. The van der Waals surface area contributed by atoms with Gasteiger partial charge in [-0.3, -0.25) is 9.69 Å². The molecule has 1 atom stereocenters. The molecule has 132 valence electrons. The molecule has 2 aliphatic heterocycles. The van der Waals surface area contributed by atoms with E-state index in [1.54, 1.807) is 0 Å². The standard InChI is InChI=1S/C20H31N3O/c1-15(2)17-5-3-6-18(13-17)22-20(24)14-23-11-8-16(9-12-23)19-7-4-10-21-19/h3,5-6,13,15-16,19,21H,4,7-12,14H2,1-2H3,(H,22,24). The Morgan fingerprint density at radius 1 is 1.29 bits per heavy atom. The van der Waals surface area contributed by atoms with E-state index in [9.17, 15) is 4.79 Å². The zero-order valence-electron chi connectivity index (χ0n) is 15.1. The molecule has 2 heterocycles. The van der Waals surface area contributed by atoms with E-state index in [4.69, 9.17) is 0 Å². The average Bonchev–Trinajstić information content (AvgIpc) is 3.10. The minimum atomic E-state index is 0.105. The Labute approximate surface area is 146 Å². The second-order valence-electron chi connectivity index (χ2n) is 7.64. The third-order valence-electron chi connectivity index (χ3n) is 5.50. The van der Waals surface area contributed by atoms with Crippen molar-refractivity contribution in [3.05, 3.63) is 29.8 Å². The van der Waals surface area contributed by atoms with Crippen LogP contribution in [0.3, 0.4) is 0 Å². The summed E-state index contributed by atoms with van der Waals surface area (Å²) < 4.78 is 0. The molecule has 0 spiro atoms. The summed E-state index contributed by atoms with van der Waals surface area (Å²) in [6.45, 7) is 8.12. The summed E-state index contributed by atoms with van der Waals surface area (Å²) in [6.07, 6.45) is 5.08. The quantitative estimate of drug-likeness (QED) is 0.872. The highest BCUT2D eigenvalue weighted by molar-refractivity contribution is 5.92. The van der Waals surface area contributed by atoms with E-state index in [-0.39, 0.29) is 5.91 Å². The van der Waals surface area contributed by atoms with Crippen molar-refractivity contribution in [3.8, 4) is 0 Å². The average molecular weight is 329 g/mol. The van der Waals surface area contributed by atoms with Crippen LogP contribution in [0.5, 0.6) is 0 Å². The van der Waals surface area contributed by atoms with Crippen molar-refractivity contribution in [2.75, 3.05) is 31.5 Å². The molecule has 0 radical (unpaired) electrons. The van der Waals surface area contributed by atoms with Crippen LogP contribution >= 0.6 is 0 Å². The molecule has 1 amide bonds. The van der Waals surface area contributed by atoms with Crippen molar-refractivity contribution in [3.63, 3.8) is 0 Å². The summed E-state index contributed by atoms with van der Waals surface area (Å²) in [5.74, 6) is 1.38. The lowest BCUT2D eigenvalue weighted by Gasteiger charge is -2.34. The van der Waals surface area contributed by atoms with Gasteiger partial charge in [0.25, 0.3) is 0 Å². The highest BCUT2D eigenvalue weighted by Crippen LogP contribution is 2.25. The van der Waals surface area contributed by atoms with Crippen LogP contribution in [-0.2, 0) is 4.79 Å². The van der Waals surface area contributed by atoms with Gasteiger partial charge in [0, 0.05) is 11.7 Å². The van der Waals surface area contributed by atoms with Crippen LogP contribution in [0.15, 0.2) is 24.3 Å². The van der Waals surface area contributed by atoms with Crippen molar-refractivity contribution in [1.82, 2.24) is 10.2 Å². The van der Waals surface area contributed by atoms with Gasteiger partial charge in [0.15, 0.2) is 0 Å². The van der Waals surface area contributed by atoms with Crippen LogP contribution in [0, 0.1) is 5.92 Å². The maximum absolute atomic E-state index is 12.3. The maximum Gasteiger partial charge on any atom is 0.238 e. The lowest BCUT2D eigenvalue weighted by molar-refractivity contribution is -0.117. The first-order valence-corrected chi connectivity index (χ1v) is 9.47. The first-order chi connectivity index (χ1) is 11.6. The van der Waals surface area contributed by atoms with Crippen LogP contribution in [0.1, 0.15) is 51.0 Å². The molecular formula is C20H31N3O. The Morgan fingerprint density at radius 3 is 2.75 bits per heavy atom. The molecule has 2 aliphatic rings. The molecule has 2 saturated heterocycles. The van der Waals surface area contributed by atoms with Crippen LogP contribution in [0.25, 0.3) is 0 Å². The second-order valence-corrected chi connectivity index (χ2v) is 7.64. The molecule has 2 fully saturated rings. The number of nitrogens with zero attached hydrogens (tertiary/aromatic N) is 1. The number of likely N-dealkylation sites (tertiary alicyclic amines) is 1. The van der Waals surface area contributed by atoms with E-state index in [0.29, 0.717) is 12.5 Å².